The molecule has 0 radical (unpaired) electrons. The van der Waals surface area contributed by atoms with Gasteiger partial charge >= 0.3 is 0 Å². The highest BCUT2D eigenvalue weighted by molar-refractivity contribution is 5.84. The molecule has 1 aromatic carbocycles. The van der Waals surface area contributed by atoms with E-state index in [-0.39, 0.29) is 17.8 Å². The summed E-state index contributed by atoms with van der Waals surface area (Å²) in [6.45, 7) is 3.51. The second-order valence-electron chi connectivity index (χ2n) is 5.12. The molecule has 1 unspecified atom stereocenters. The molecule has 1 fully saturated rings. The van der Waals surface area contributed by atoms with Gasteiger partial charge in [0.2, 0.25) is 5.91 Å². The average Bonchev–Trinajstić information content (AvgIpc) is 2.66. The van der Waals surface area contributed by atoms with Crippen LogP contribution in [0.15, 0.2) is 24.3 Å². The van der Waals surface area contributed by atoms with Gasteiger partial charge in [-0.3, -0.25) is 4.79 Å². The first-order valence-corrected chi connectivity index (χ1v) is 6.98. The first kappa shape index (κ1) is 13.8. The molecule has 2 rings (SSSR count). The number of benzene rings is 1. The zero-order chi connectivity index (χ0) is 13.7. The van der Waals surface area contributed by atoms with E-state index >= 15 is 0 Å². The molecule has 3 nitrogen and oxygen atoms in total. The number of hydrogen-bond acceptors (Lipinski definition) is 2. The molecule has 0 aliphatic carbocycles. The highest BCUT2D eigenvalue weighted by Gasteiger charge is 2.21. The van der Waals surface area contributed by atoms with Gasteiger partial charge in [-0.1, -0.05) is 18.9 Å². The number of halogens is 1. The third-order valence-electron chi connectivity index (χ3n) is 3.50. The van der Waals surface area contributed by atoms with Crippen molar-refractivity contribution >= 4 is 11.6 Å². The second kappa shape index (κ2) is 6.55. The van der Waals surface area contributed by atoms with E-state index in [0.717, 1.165) is 25.9 Å². The maximum atomic E-state index is 13.1. The molecule has 1 N–H and O–H groups in total. The Morgan fingerprint density at radius 2 is 1.95 bits per heavy atom. The van der Waals surface area contributed by atoms with Crippen LogP contribution in [0.3, 0.4) is 0 Å². The predicted octanol–water partition coefficient (Wildman–Crippen LogP) is 3.03. The van der Waals surface area contributed by atoms with Gasteiger partial charge in [-0.15, -0.1) is 0 Å². The fraction of sp³-hybridized carbons (Fsp3) is 0.533. The van der Waals surface area contributed by atoms with Crippen molar-refractivity contribution in [1.29, 1.82) is 0 Å². The van der Waals surface area contributed by atoms with Crippen LogP contribution >= 0.6 is 0 Å². The van der Waals surface area contributed by atoms with Gasteiger partial charge in [0, 0.05) is 18.8 Å². The van der Waals surface area contributed by atoms with E-state index in [0.29, 0.717) is 5.69 Å². The van der Waals surface area contributed by atoms with Crippen LogP contribution in [0.25, 0.3) is 0 Å². The van der Waals surface area contributed by atoms with Crippen molar-refractivity contribution in [3.05, 3.63) is 30.1 Å². The largest absolute Gasteiger partial charge is 0.374 e. The van der Waals surface area contributed by atoms with E-state index in [1.54, 1.807) is 12.1 Å². The standard InChI is InChI=1S/C15H21FN2O/c1-12(17-14-8-6-7-13(16)11-14)15(19)18-9-4-2-3-5-10-18/h6-8,11-12,17H,2-5,9-10H2,1H3. The minimum Gasteiger partial charge on any atom is -0.374 e. The number of hydrogen-bond donors (Lipinski definition) is 1. The van der Waals surface area contributed by atoms with Crippen LogP contribution in [0.2, 0.25) is 0 Å². The fourth-order valence-electron chi connectivity index (χ4n) is 2.45. The quantitative estimate of drug-likeness (QED) is 0.910. The van der Waals surface area contributed by atoms with Gasteiger partial charge in [0.25, 0.3) is 0 Å². The Hall–Kier alpha value is -1.58. The highest BCUT2D eigenvalue weighted by atomic mass is 19.1. The summed E-state index contributed by atoms with van der Waals surface area (Å²) in [6.07, 6.45) is 4.57. The van der Waals surface area contributed by atoms with Gasteiger partial charge in [0.1, 0.15) is 11.9 Å². The molecule has 1 heterocycles. The van der Waals surface area contributed by atoms with Crippen LogP contribution in [0, 0.1) is 5.82 Å². The smallest absolute Gasteiger partial charge is 0.244 e. The number of carbonyl (C=O) groups is 1. The Morgan fingerprint density at radius 1 is 1.26 bits per heavy atom. The summed E-state index contributed by atoms with van der Waals surface area (Å²) in [4.78, 5) is 14.2. The van der Waals surface area contributed by atoms with Crippen molar-refractivity contribution in [2.45, 2.75) is 38.6 Å². The topological polar surface area (TPSA) is 32.3 Å². The lowest BCUT2D eigenvalue weighted by Gasteiger charge is -2.25. The second-order valence-corrected chi connectivity index (χ2v) is 5.12. The molecule has 0 saturated carbocycles. The monoisotopic (exact) mass is 264 g/mol. The van der Waals surface area contributed by atoms with Crippen LogP contribution in [-0.4, -0.2) is 29.9 Å². The molecule has 1 amide bonds. The Bertz CT molecular complexity index is 428. The zero-order valence-electron chi connectivity index (χ0n) is 11.4. The lowest BCUT2D eigenvalue weighted by atomic mass is 10.2. The normalized spacial score (nSPS) is 17.7. The predicted molar refractivity (Wildman–Crippen MR) is 74.5 cm³/mol. The molecule has 1 atom stereocenters. The van der Waals surface area contributed by atoms with Crippen LogP contribution in [0.5, 0.6) is 0 Å². The Kier molecular flexibility index (Phi) is 4.77. The third kappa shape index (κ3) is 3.94. The van der Waals surface area contributed by atoms with Crippen LogP contribution < -0.4 is 5.32 Å². The van der Waals surface area contributed by atoms with Gasteiger partial charge in [-0.2, -0.15) is 0 Å². The van der Waals surface area contributed by atoms with Crippen LogP contribution in [0.1, 0.15) is 32.6 Å². The summed E-state index contributed by atoms with van der Waals surface area (Å²) < 4.78 is 13.1. The van der Waals surface area contributed by atoms with Gasteiger partial charge in [0.05, 0.1) is 0 Å². The summed E-state index contributed by atoms with van der Waals surface area (Å²) in [6, 6.07) is 5.90. The minimum absolute atomic E-state index is 0.103. The van der Waals surface area contributed by atoms with Gasteiger partial charge < -0.3 is 10.2 Å². The maximum Gasteiger partial charge on any atom is 0.244 e. The average molecular weight is 264 g/mol. The summed E-state index contributed by atoms with van der Waals surface area (Å²) in [5.41, 5.74) is 0.649. The molecule has 4 heteroatoms. The zero-order valence-corrected chi connectivity index (χ0v) is 11.4. The Morgan fingerprint density at radius 3 is 2.58 bits per heavy atom. The highest BCUT2D eigenvalue weighted by Crippen LogP contribution is 2.14. The van der Waals surface area contributed by atoms with E-state index in [2.05, 4.69) is 5.32 Å². The maximum absolute atomic E-state index is 13.1. The summed E-state index contributed by atoms with van der Waals surface area (Å²) >= 11 is 0. The summed E-state index contributed by atoms with van der Waals surface area (Å²) in [5, 5.41) is 3.07. The molecule has 104 valence electrons. The number of amides is 1. The first-order chi connectivity index (χ1) is 9.16. The van der Waals surface area contributed by atoms with Crippen molar-refractivity contribution in [3.8, 4) is 0 Å². The van der Waals surface area contributed by atoms with Crippen molar-refractivity contribution in [3.63, 3.8) is 0 Å². The van der Waals surface area contributed by atoms with E-state index in [4.69, 9.17) is 0 Å². The van der Waals surface area contributed by atoms with Gasteiger partial charge in [0.15, 0.2) is 0 Å². The molecular formula is C15H21FN2O. The van der Waals surface area contributed by atoms with Crippen molar-refractivity contribution < 1.29 is 9.18 Å². The summed E-state index contributed by atoms with van der Waals surface area (Å²) in [5.74, 6) is -0.189. The van der Waals surface area contributed by atoms with Crippen LogP contribution in [-0.2, 0) is 4.79 Å². The van der Waals surface area contributed by atoms with Crippen molar-refractivity contribution in [2.75, 3.05) is 18.4 Å². The lowest BCUT2D eigenvalue weighted by Crippen LogP contribution is -2.41. The molecular weight excluding hydrogens is 243 g/mol. The SMILES string of the molecule is CC(Nc1cccc(F)c1)C(=O)N1CCCCCC1. The van der Waals surface area contributed by atoms with E-state index < -0.39 is 0 Å². The Balaban J connectivity index is 1.94. The van der Waals surface area contributed by atoms with E-state index in [1.165, 1.54) is 25.0 Å². The molecule has 1 aliphatic rings. The third-order valence-corrected chi connectivity index (χ3v) is 3.50. The van der Waals surface area contributed by atoms with E-state index in [1.807, 2.05) is 11.8 Å². The fourth-order valence-corrected chi connectivity index (χ4v) is 2.45. The number of carbonyl (C=O) groups excluding carboxylic acids is 1. The molecule has 19 heavy (non-hydrogen) atoms. The van der Waals surface area contributed by atoms with E-state index in [9.17, 15) is 9.18 Å². The van der Waals surface area contributed by atoms with Crippen LogP contribution in [0.4, 0.5) is 10.1 Å². The number of likely N-dealkylation sites (tertiary alicyclic amines) is 1. The Labute approximate surface area is 113 Å². The molecule has 0 bridgehead atoms. The first-order valence-electron chi connectivity index (χ1n) is 6.98. The number of nitrogens with zero attached hydrogens (tertiary/aromatic N) is 1. The molecule has 1 saturated heterocycles. The molecule has 1 aliphatic heterocycles. The molecule has 0 aromatic heterocycles. The minimum atomic E-state index is -0.320. The van der Waals surface area contributed by atoms with Crippen molar-refractivity contribution in [2.24, 2.45) is 0 Å². The van der Waals surface area contributed by atoms with Crippen molar-refractivity contribution in [1.82, 2.24) is 4.90 Å². The van der Waals surface area contributed by atoms with Gasteiger partial charge in [-0.25, -0.2) is 4.39 Å². The number of nitrogens with one attached hydrogen (secondary N) is 1. The summed E-state index contributed by atoms with van der Waals surface area (Å²) in [7, 11) is 0. The molecule has 1 aromatic rings. The lowest BCUT2D eigenvalue weighted by molar-refractivity contribution is -0.131. The number of rotatable bonds is 3. The van der Waals surface area contributed by atoms with Gasteiger partial charge in [-0.05, 0) is 38.0 Å². The number of anilines is 1. The molecule has 0 spiro atoms.